The molecule has 1 heterocycles. The number of ether oxygens (including phenoxy) is 1. The van der Waals surface area contributed by atoms with E-state index >= 15 is 0 Å². The Morgan fingerprint density at radius 1 is 1.22 bits per heavy atom. The number of hydrogen-bond donors (Lipinski definition) is 0. The Hall–Kier alpha value is -0.410. The molecule has 1 aromatic heterocycles. The van der Waals surface area contributed by atoms with Gasteiger partial charge in [0.05, 0.1) is 16.8 Å². The van der Waals surface area contributed by atoms with Crippen LogP contribution >= 0.6 is 46.1 Å². The van der Waals surface area contributed by atoms with Gasteiger partial charge in [-0.2, -0.15) is 0 Å². The third-order valence-corrected chi connectivity index (χ3v) is 5.05. The van der Waals surface area contributed by atoms with Crippen LogP contribution in [0.4, 0.5) is 0 Å². The minimum Gasteiger partial charge on any atom is -0.496 e. The first-order valence-electron chi connectivity index (χ1n) is 5.26. The highest BCUT2D eigenvalue weighted by Gasteiger charge is 2.19. The first-order valence-corrected chi connectivity index (χ1v) is 7.27. The number of aryl methyl sites for hydroxylation is 1. The van der Waals surface area contributed by atoms with Crippen LogP contribution in [-0.4, -0.2) is 7.11 Å². The Balaban J connectivity index is 2.42. The highest BCUT2D eigenvalue weighted by atomic mass is 35.5. The molecule has 0 spiro atoms. The fraction of sp³-hybridized carbons (Fsp3) is 0.231. The Bertz CT molecular complexity index is 546. The van der Waals surface area contributed by atoms with Crippen LogP contribution in [0, 0.1) is 6.92 Å². The van der Waals surface area contributed by atoms with Crippen LogP contribution in [0.1, 0.15) is 21.4 Å². The fourth-order valence-corrected chi connectivity index (χ4v) is 3.41. The monoisotopic (exact) mass is 320 g/mol. The van der Waals surface area contributed by atoms with Crippen LogP contribution in [0.2, 0.25) is 9.36 Å². The second-order valence-electron chi connectivity index (χ2n) is 3.85. The van der Waals surface area contributed by atoms with Gasteiger partial charge in [-0.3, -0.25) is 0 Å². The molecular formula is C13H11Cl3OS. The molecule has 0 saturated heterocycles. The van der Waals surface area contributed by atoms with E-state index in [9.17, 15) is 0 Å². The van der Waals surface area contributed by atoms with Crippen molar-refractivity contribution in [1.82, 2.24) is 0 Å². The maximum Gasteiger partial charge on any atom is 0.125 e. The van der Waals surface area contributed by atoms with Crippen LogP contribution in [-0.2, 0) is 0 Å². The second kappa shape index (κ2) is 5.70. The third-order valence-electron chi connectivity index (χ3n) is 2.59. The lowest BCUT2D eigenvalue weighted by molar-refractivity contribution is 0.410. The zero-order chi connectivity index (χ0) is 13.3. The van der Waals surface area contributed by atoms with Gasteiger partial charge in [-0.05, 0) is 30.7 Å². The zero-order valence-electron chi connectivity index (χ0n) is 9.84. The molecule has 2 aromatic rings. The number of methoxy groups -OCH3 is 1. The highest BCUT2D eigenvalue weighted by Crippen LogP contribution is 2.41. The van der Waals surface area contributed by atoms with Crippen molar-refractivity contribution in [2.24, 2.45) is 0 Å². The number of hydrogen-bond acceptors (Lipinski definition) is 2. The van der Waals surface area contributed by atoms with Crippen molar-refractivity contribution in [3.8, 4) is 5.75 Å². The van der Waals surface area contributed by atoms with Crippen LogP contribution < -0.4 is 4.74 Å². The summed E-state index contributed by atoms with van der Waals surface area (Å²) >= 11 is 20.0. The molecule has 0 amide bonds. The average Bonchev–Trinajstić information content (AvgIpc) is 2.68. The van der Waals surface area contributed by atoms with Crippen LogP contribution in [0.5, 0.6) is 5.75 Å². The molecule has 1 nitrogen and oxygen atoms in total. The predicted molar refractivity (Wildman–Crippen MR) is 79.8 cm³/mol. The topological polar surface area (TPSA) is 9.23 Å². The molecule has 1 unspecified atom stereocenters. The third kappa shape index (κ3) is 2.77. The smallest absolute Gasteiger partial charge is 0.125 e. The first kappa shape index (κ1) is 14.0. The molecule has 0 N–H and O–H groups in total. The molecule has 0 radical (unpaired) electrons. The van der Waals surface area contributed by atoms with Crippen molar-refractivity contribution in [2.45, 2.75) is 12.3 Å². The molecule has 0 saturated carbocycles. The summed E-state index contributed by atoms with van der Waals surface area (Å²) in [5.74, 6) is 0.685. The van der Waals surface area contributed by atoms with Crippen LogP contribution in [0.15, 0.2) is 24.3 Å². The molecular weight excluding hydrogens is 311 g/mol. The van der Waals surface area contributed by atoms with E-state index in [1.54, 1.807) is 19.2 Å². The minimum absolute atomic E-state index is 0.284. The minimum atomic E-state index is -0.284. The molecule has 0 aliphatic carbocycles. The van der Waals surface area contributed by atoms with Crippen molar-refractivity contribution in [1.29, 1.82) is 0 Å². The zero-order valence-corrected chi connectivity index (χ0v) is 12.9. The highest BCUT2D eigenvalue weighted by molar-refractivity contribution is 7.16. The van der Waals surface area contributed by atoms with Gasteiger partial charge in [0, 0.05) is 15.5 Å². The van der Waals surface area contributed by atoms with Crippen molar-refractivity contribution < 1.29 is 4.74 Å². The maximum atomic E-state index is 6.48. The lowest BCUT2D eigenvalue weighted by Crippen LogP contribution is -1.95. The summed E-state index contributed by atoms with van der Waals surface area (Å²) in [7, 11) is 1.60. The van der Waals surface area contributed by atoms with Gasteiger partial charge in [0.1, 0.15) is 5.75 Å². The fourth-order valence-electron chi connectivity index (χ4n) is 1.66. The summed E-state index contributed by atoms with van der Waals surface area (Å²) in [5.41, 5.74) is 1.93. The summed E-state index contributed by atoms with van der Waals surface area (Å²) in [6.45, 7) is 1.96. The van der Waals surface area contributed by atoms with Crippen molar-refractivity contribution >= 4 is 46.1 Å². The molecule has 1 atom stereocenters. The SMILES string of the molecule is COc1cc(Cl)ccc1C(Cl)c1cc(C)c(Cl)s1. The summed E-state index contributed by atoms with van der Waals surface area (Å²) in [4.78, 5) is 1.000. The quantitative estimate of drug-likeness (QED) is 0.659. The number of halogens is 3. The number of benzene rings is 1. The second-order valence-corrected chi connectivity index (χ2v) is 6.41. The summed E-state index contributed by atoms with van der Waals surface area (Å²) in [6.07, 6.45) is 0. The van der Waals surface area contributed by atoms with E-state index in [0.29, 0.717) is 10.8 Å². The van der Waals surface area contributed by atoms with E-state index in [0.717, 1.165) is 20.3 Å². The van der Waals surface area contributed by atoms with E-state index in [1.165, 1.54) is 11.3 Å². The van der Waals surface area contributed by atoms with Gasteiger partial charge in [0.25, 0.3) is 0 Å². The van der Waals surface area contributed by atoms with Gasteiger partial charge in [-0.15, -0.1) is 22.9 Å². The van der Waals surface area contributed by atoms with E-state index in [1.807, 2.05) is 19.1 Å². The van der Waals surface area contributed by atoms with Gasteiger partial charge in [-0.25, -0.2) is 0 Å². The van der Waals surface area contributed by atoms with E-state index in [4.69, 9.17) is 39.5 Å². The summed E-state index contributed by atoms with van der Waals surface area (Å²) in [5, 5.41) is 0.341. The number of rotatable bonds is 3. The largest absolute Gasteiger partial charge is 0.496 e. The molecule has 18 heavy (non-hydrogen) atoms. The number of thiophene rings is 1. The molecule has 0 fully saturated rings. The van der Waals surface area contributed by atoms with Crippen molar-refractivity contribution in [3.05, 3.63) is 49.6 Å². The van der Waals surface area contributed by atoms with Crippen LogP contribution in [0.25, 0.3) is 0 Å². The van der Waals surface area contributed by atoms with E-state index in [2.05, 4.69) is 0 Å². The standard InChI is InChI=1S/C13H11Cl3OS/c1-7-5-11(18-13(7)16)12(15)9-4-3-8(14)6-10(9)17-2/h3-6,12H,1-2H3. The Kier molecular flexibility index (Phi) is 4.44. The Morgan fingerprint density at radius 3 is 2.50 bits per heavy atom. The Labute approximate surface area is 125 Å². The van der Waals surface area contributed by atoms with Gasteiger partial charge < -0.3 is 4.74 Å². The lowest BCUT2D eigenvalue weighted by Gasteiger charge is -2.13. The predicted octanol–water partition coefficient (Wildman–Crippen LogP) is 5.70. The molecule has 0 aliphatic heterocycles. The molecule has 1 aromatic carbocycles. The summed E-state index contributed by atoms with van der Waals surface area (Å²) < 4.78 is 6.08. The van der Waals surface area contributed by atoms with Crippen molar-refractivity contribution in [2.75, 3.05) is 7.11 Å². The first-order chi connectivity index (χ1) is 8.52. The van der Waals surface area contributed by atoms with Gasteiger partial charge >= 0.3 is 0 Å². The van der Waals surface area contributed by atoms with E-state index < -0.39 is 0 Å². The normalized spacial score (nSPS) is 12.5. The Morgan fingerprint density at radius 2 is 1.94 bits per heavy atom. The number of alkyl halides is 1. The average molecular weight is 322 g/mol. The molecule has 96 valence electrons. The van der Waals surface area contributed by atoms with E-state index in [-0.39, 0.29) is 5.38 Å². The molecule has 2 rings (SSSR count). The summed E-state index contributed by atoms with van der Waals surface area (Å²) in [6, 6.07) is 7.44. The lowest BCUT2D eigenvalue weighted by atomic mass is 10.1. The van der Waals surface area contributed by atoms with Gasteiger partial charge in [0.2, 0.25) is 0 Å². The van der Waals surface area contributed by atoms with Crippen molar-refractivity contribution in [3.63, 3.8) is 0 Å². The maximum absolute atomic E-state index is 6.48. The van der Waals surface area contributed by atoms with Gasteiger partial charge in [-0.1, -0.05) is 29.3 Å². The van der Waals surface area contributed by atoms with Crippen LogP contribution in [0.3, 0.4) is 0 Å². The molecule has 5 heteroatoms. The molecule has 0 bridgehead atoms. The molecule has 0 aliphatic rings. The van der Waals surface area contributed by atoms with Gasteiger partial charge in [0.15, 0.2) is 0 Å².